The summed E-state index contributed by atoms with van der Waals surface area (Å²) < 4.78 is 4.73. The number of carbonyl (C=O) groups is 2. The van der Waals surface area contributed by atoms with Crippen LogP contribution in [-0.2, 0) is 14.3 Å². The fraction of sp³-hybridized carbons (Fsp3) is 0.231. The number of aromatic hydroxyl groups is 1. The first-order valence-corrected chi connectivity index (χ1v) is 5.34. The maximum atomic E-state index is 11.7. The third-order valence-electron chi connectivity index (χ3n) is 2.61. The number of rotatable bonds is 3. The van der Waals surface area contributed by atoms with Crippen LogP contribution in [0.15, 0.2) is 30.3 Å². The fourth-order valence-corrected chi connectivity index (χ4v) is 1.63. The molecule has 0 aliphatic carbocycles. The van der Waals surface area contributed by atoms with Gasteiger partial charge in [0.1, 0.15) is 11.7 Å². The largest absolute Gasteiger partial charge is 0.508 e. The molecule has 0 bridgehead atoms. The summed E-state index contributed by atoms with van der Waals surface area (Å²) in [5, 5.41) is 9.09. The van der Waals surface area contributed by atoms with Gasteiger partial charge in [-0.3, -0.25) is 9.59 Å². The molecule has 1 saturated heterocycles. The molecule has 1 aliphatic heterocycles. The van der Waals surface area contributed by atoms with E-state index >= 15 is 0 Å². The summed E-state index contributed by atoms with van der Waals surface area (Å²) >= 11 is 0. The highest BCUT2D eigenvalue weighted by molar-refractivity contribution is 6.07. The molecule has 1 unspecified atom stereocenters. The van der Waals surface area contributed by atoms with Gasteiger partial charge in [-0.25, -0.2) is 0 Å². The Kier molecular flexibility index (Phi) is 3.23. The SMILES string of the molecule is O=C(/C=C/c1ccc(O)cc1)C1CCOC1=O. The minimum absolute atomic E-state index is 0.174. The van der Waals surface area contributed by atoms with Gasteiger partial charge in [0.25, 0.3) is 0 Å². The van der Waals surface area contributed by atoms with Crippen LogP contribution < -0.4 is 0 Å². The van der Waals surface area contributed by atoms with Gasteiger partial charge in [0.15, 0.2) is 5.78 Å². The van der Waals surface area contributed by atoms with E-state index in [1.165, 1.54) is 18.2 Å². The van der Waals surface area contributed by atoms with E-state index in [1.54, 1.807) is 18.2 Å². The normalized spacial score (nSPS) is 19.5. The van der Waals surface area contributed by atoms with Gasteiger partial charge < -0.3 is 9.84 Å². The number of ketones is 1. The Morgan fingerprint density at radius 3 is 2.65 bits per heavy atom. The van der Waals surface area contributed by atoms with E-state index < -0.39 is 11.9 Å². The van der Waals surface area contributed by atoms with Gasteiger partial charge in [0, 0.05) is 6.42 Å². The van der Waals surface area contributed by atoms with Gasteiger partial charge in [-0.2, -0.15) is 0 Å². The van der Waals surface area contributed by atoms with Crippen molar-refractivity contribution in [2.24, 2.45) is 5.92 Å². The number of cyclic esters (lactones) is 1. The molecule has 0 aromatic heterocycles. The summed E-state index contributed by atoms with van der Waals surface area (Å²) in [5.74, 6) is -1.15. The zero-order chi connectivity index (χ0) is 12.3. The minimum atomic E-state index is -0.650. The molecule has 0 radical (unpaired) electrons. The highest BCUT2D eigenvalue weighted by Crippen LogP contribution is 2.17. The topological polar surface area (TPSA) is 63.6 Å². The first-order chi connectivity index (χ1) is 8.16. The number of ether oxygens (including phenoxy) is 1. The Bertz CT molecular complexity index is 459. The first kappa shape index (κ1) is 11.4. The zero-order valence-corrected chi connectivity index (χ0v) is 9.13. The van der Waals surface area contributed by atoms with Crippen molar-refractivity contribution in [3.8, 4) is 5.75 Å². The molecule has 0 amide bonds. The van der Waals surface area contributed by atoms with Gasteiger partial charge in [-0.1, -0.05) is 18.2 Å². The number of esters is 1. The maximum Gasteiger partial charge on any atom is 0.316 e. The second kappa shape index (κ2) is 4.82. The lowest BCUT2D eigenvalue weighted by molar-refractivity contribution is -0.143. The monoisotopic (exact) mass is 232 g/mol. The molecule has 0 saturated carbocycles. The molecule has 2 rings (SSSR count). The summed E-state index contributed by atoms with van der Waals surface area (Å²) in [7, 11) is 0. The Labute approximate surface area is 98.5 Å². The number of phenolic OH excluding ortho intramolecular Hbond substituents is 1. The quantitative estimate of drug-likeness (QED) is 0.487. The van der Waals surface area contributed by atoms with Gasteiger partial charge in [0.05, 0.1) is 6.61 Å². The lowest BCUT2D eigenvalue weighted by Crippen LogP contribution is -2.16. The molecule has 0 spiro atoms. The molecule has 17 heavy (non-hydrogen) atoms. The molecule has 4 nitrogen and oxygen atoms in total. The van der Waals surface area contributed by atoms with Crippen molar-refractivity contribution >= 4 is 17.8 Å². The van der Waals surface area contributed by atoms with Crippen molar-refractivity contribution in [2.75, 3.05) is 6.61 Å². The van der Waals surface area contributed by atoms with Crippen molar-refractivity contribution in [1.82, 2.24) is 0 Å². The van der Waals surface area contributed by atoms with Crippen LogP contribution >= 0.6 is 0 Å². The van der Waals surface area contributed by atoms with E-state index in [0.29, 0.717) is 13.0 Å². The van der Waals surface area contributed by atoms with E-state index in [9.17, 15) is 9.59 Å². The van der Waals surface area contributed by atoms with E-state index in [-0.39, 0.29) is 11.5 Å². The number of carbonyl (C=O) groups excluding carboxylic acids is 2. The Morgan fingerprint density at radius 2 is 2.06 bits per heavy atom. The van der Waals surface area contributed by atoms with Crippen LogP contribution in [0.2, 0.25) is 0 Å². The molecule has 1 fully saturated rings. The molecule has 1 N–H and O–H groups in total. The lowest BCUT2D eigenvalue weighted by Gasteiger charge is -1.99. The van der Waals surface area contributed by atoms with Gasteiger partial charge in [-0.15, -0.1) is 0 Å². The van der Waals surface area contributed by atoms with E-state index in [0.717, 1.165) is 5.56 Å². The lowest BCUT2D eigenvalue weighted by atomic mass is 10.0. The van der Waals surface area contributed by atoms with Crippen molar-refractivity contribution < 1.29 is 19.4 Å². The van der Waals surface area contributed by atoms with E-state index in [2.05, 4.69) is 0 Å². The third kappa shape index (κ3) is 2.72. The number of hydrogen-bond donors (Lipinski definition) is 1. The number of hydrogen-bond acceptors (Lipinski definition) is 4. The van der Waals surface area contributed by atoms with Crippen LogP contribution in [0.3, 0.4) is 0 Å². The number of phenols is 1. The second-order valence-corrected chi connectivity index (χ2v) is 3.84. The predicted molar refractivity (Wildman–Crippen MR) is 61.2 cm³/mol. The number of benzene rings is 1. The molecule has 1 aromatic rings. The van der Waals surface area contributed by atoms with Crippen LogP contribution in [0.5, 0.6) is 5.75 Å². The summed E-state index contributed by atoms with van der Waals surface area (Å²) in [6, 6.07) is 6.44. The predicted octanol–water partition coefficient (Wildman–Crippen LogP) is 1.54. The number of allylic oxidation sites excluding steroid dienone is 1. The first-order valence-electron chi connectivity index (χ1n) is 5.34. The zero-order valence-electron chi connectivity index (χ0n) is 9.13. The smallest absolute Gasteiger partial charge is 0.316 e. The summed E-state index contributed by atoms with van der Waals surface area (Å²) in [5.41, 5.74) is 0.794. The van der Waals surface area contributed by atoms with Crippen molar-refractivity contribution in [1.29, 1.82) is 0 Å². The van der Waals surface area contributed by atoms with Crippen LogP contribution in [-0.4, -0.2) is 23.5 Å². The standard InChI is InChI=1S/C13H12O4/c14-10-4-1-9(2-5-10)3-6-12(15)11-7-8-17-13(11)16/h1-6,11,14H,7-8H2/b6-3+. The average molecular weight is 232 g/mol. The van der Waals surface area contributed by atoms with Crippen molar-refractivity contribution in [3.63, 3.8) is 0 Å². The highest BCUT2D eigenvalue weighted by Gasteiger charge is 2.31. The molecule has 4 heteroatoms. The van der Waals surface area contributed by atoms with Crippen LogP contribution in [0, 0.1) is 5.92 Å². The maximum absolute atomic E-state index is 11.7. The van der Waals surface area contributed by atoms with Gasteiger partial charge >= 0.3 is 5.97 Å². The average Bonchev–Trinajstić information content (AvgIpc) is 2.74. The molecule has 1 aliphatic rings. The minimum Gasteiger partial charge on any atom is -0.508 e. The van der Waals surface area contributed by atoms with Crippen LogP contribution in [0.4, 0.5) is 0 Å². The third-order valence-corrected chi connectivity index (χ3v) is 2.61. The molecular formula is C13H12O4. The van der Waals surface area contributed by atoms with E-state index in [1.807, 2.05) is 0 Å². The van der Waals surface area contributed by atoms with E-state index in [4.69, 9.17) is 9.84 Å². The van der Waals surface area contributed by atoms with Gasteiger partial charge in [-0.05, 0) is 23.8 Å². The molecule has 1 aromatic carbocycles. The Balaban J connectivity index is 2.03. The molecular weight excluding hydrogens is 220 g/mol. The molecule has 88 valence electrons. The van der Waals surface area contributed by atoms with Crippen molar-refractivity contribution in [3.05, 3.63) is 35.9 Å². The van der Waals surface area contributed by atoms with Crippen molar-refractivity contribution in [2.45, 2.75) is 6.42 Å². The summed E-state index contributed by atoms with van der Waals surface area (Å²) in [4.78, 5) is 22.8. The fourth-order valence-electron chi connectivity index (χ4n) is 1.63. The van der Waals surface area contributed by atoms with Crippen LogP contribution in [0.25, 0.3) is 6.08 Å². The molecule has 1 atom stereocenters. The summed E-state index contributed by atoms with van der Waals surface area (Å²) in [6.45, 7) is 0.322. The Morgan fingerprint density at radius 1 is 1.35 bits per heavy atom. The Hall–Kier alpha value is -2.10. The van der Waals surface area contributed by atoms with Crippen LogP contribution in [0.1, 0.15) is 12.0 Å². The highest BCUT2D eigenvalue weighted by atomic mass is 16.5. The summed E-state index contributed by atoms with van der Waals surface area (Å²) in [6.07, 6.45) is 3.45. The molecule has 1 heterocycles. The van der Waals surface area contributed by atoms with Gasteiger partial charge in [0.2, 0.25) is 0 Å². The second-order valence-electron chi connectivity index (χ2n) is 3.84.